The van der Waals surface area contributed by atoms with Gasteiger partial charge in [0, 0.05) is 12.4 Å². The van der Waals surface area contributed by atoms with Gasteiger partial charge in [-0.25, -0.2) is 9.78 Å². The Morgan fingerprint density at radius 2 is 2.33 bits per heavy atom. The molecule has 0 aliphatic heterocycles. The fourth-order valence-electron chi connectivity index (χ4n) is 1.45. The second kappa shape index (κ2) is 5.88. The second-order valence-electron chi connectivity index (χ2n) is 3.54. The highest BCUT2D eigenvalue weighted by molar-refractivity contribution is 7.99. The number of aromatic nitrogens is 1. The van der Waals surface area contributed by atoms with Gasteiger partial charge in [-0.3, -0.25) is 0 Å². The lowest BCUT2D eigenvalue weighted by atomic mass is 10.3. The Labute approximate surface area is 108 Å². The Morgan fingerprint density at radius 3 is 3.00 bits per heavy atom. The van der Waals surface area contributed by atoms with Gasteiger partial charge < -0.3 is 14.3 Å². The van der Waals surface area contributed by atoms with Crippen molar-refractivity contribution in [3.63, 3.8) is 0 Å². The first-order valence-corrected chi connectivity index (χ1v) is 6.52. The highest BCUT2D eigenvalue weighted by Gasteiger charge is 2.19. The first kappa shape index (κ1) is 12.9. The number of oxazole rings is 1. The first-order chi connectivity index (χ1) is 8.70. The summed E-state index contributed by atoms with van der Waals surface area (Å²) < 4.78 is 10.6. The number of hydrogen-bond donors (Lipinski definition) is 1. The predicted molar refractivity (Wildman–Crippen MR) is 67.8 cm³/mol. The highest BCUT2D eigenvalue weighted by Crippen LogP contribution is 2.24. The van der Waals surface area contributed by atoms with Gasteiger partial charge in [-0.2, -0.15) is 0 Å². The lowest BCUT2D eigenvalue weighted by molar-refractivity contribution is -0.148. The summed E-state index contributed by atoms with van der Waals surface area (Å²) in [6.07, 6.45) is -0.838. The molecule has 1 aromatic carbocycles. The zero-order valence-corrected chi connectivity index (χ0v) is 10.6. The number of ether oxygens (including phenoxy) is 1. The third-order valence-electron chi connectivity index (χ3n) is 2.28. The number of aliphatic carboxylic acids is 1. The summed E-state index contributed by atoms with van der Waals surface area (Å²) in [6, 6.07) is 7.41. The fraction of sp³-hybridized carbons (Fsp3) is 0.333. The molecule has 6 heteroatoms. The smallest absolute Gasteiger partial charge is 0.333 e. The first-order valence-electron chi connectivity index (χ1n) is 5.53. The maximum absolute atomic E-state index is 10.9. The van der Waals surface area contributed by atoms with Crippen LogP contribution in [0.1, 0.15) is 6.92 Å². The van der Waals surface area contributed by atoms with Gasteiger partial charge in [-0.1, -0.05) is 23.9 Å². The summed E-state index contributed by atoms with van der Waals surface area (Å²) in [5.74, 6) is -0.698. The van der Waals surface area contributed by atoms with Gasteiger partial charge in [0.05, 0.1) is 0 Å². The number of rotatable bonds is 6. The minimum absolute atomic E-state index is 0.274. The Bertz CT molecular complexity index is 507. The molecule has 96 valence electrons. The van der Waals surface area contributed by atoms with E-state index in [1.807, 2.05) is 24.3 Å². The molecular formula is C12H13NO4S. The topological polar surface area (TPSA) is 72.6 Å². The molecule has 2 rings (SSSR count). The molecule has 1 aromatic heterocycles. The van der Waals surface area contributed by atoms with Crippen LogP contribution in [0.2, 0.25) is 0 Å². The second-order valence-corrected chi connectivity index (χ2v) is 4.51. The summed E-state index contributed by atoms with van der Waals surface area (Å²) in [5, 5.41) is 9.39. The summed E-state index contributed by atoms with van der Waals surface area (Å²) in [4.78, 5) is 15.1. The zero-order chi connectivity index (χ0) is 13.0. The van der Waals surface area contributed by atoms with E-state index in [1.54, 1.807) is 6.92 Å². The molecule has 0 amide bonds. The van der Waals surface area contributed by atoms with Gasteiger partial charge in [-0.05, 0) is 19.1 Å². The minimum atomic E-state index is -0.972. The maximum Gasteiger partial charge on any atom is 0.333 e. The largest absolute Gasteiger partial charge is 0.479 e. The molecule has 1 atom stereocenters. The number of thioether (sulfide) groups is 1. The van der Waals surface area contributed by atoms with Crippen molar-refractivity contribution in [3.05, 3.63) is 24.3 Å². The average molecular weight is 267 g/mol. The molecule has 5 nitrogen and oxygen atoms in total. The predicted octanol–water partition coefficient (Wildman–Crippen LogP) is 2.41. The van der Waals surface area contributed by atoms with Crippen LogP contribution in [-0.2, 0) is 9.53 Å². The molecule has 0 fully saturated rings. The van der Waals surface area contributed by atoms with Gasteiger partial charge in [-0.15, -0.1) is 0 Å². The van der Waals surface area contributed by atoms with E-state index in [-0.39, 0.29) is 5.75 Å². The molecular weight excluding hydrogens is 254 g/mol. The molecule has 0 spiro atoms. The van der Waals surface area contributed by atoms with Gasteiger partial charge in [0.2, 0.25) is 0 Å². The van der Waals surface area contributed by atoms with E-state index in [2.05, 4.69) is 4.98 Å². The average Bonchev–Trinajstić information content (AvgIpc) is 2.76. The van der Waals surface area contributed by atoms with Crippen LogP contribution in [0.3, 0.4) is 0 Å². The van der Waals surface area contributed by atoms with E-state index in [9.17, 15) is 4.79 Å². The zero-order valence-electron chi connectivity index (χ0n) is 9.83. The number of carboxylic acids is 1. The highest BCUT2D eigenvalue weighted by atomic mass is 32.2. The van der Waals surface area contributed by atoms with E-state index in [1.165, 1.54) is 11.8 Å². The van der Waals surface area contributed by atoms with E-state index < -0.39 is 12.1 Å². The number of carbonyl (C=O) groups is 1. The minimum Gasteiger partial charge on any atom is -0.479 e. The summed E-state index contributed by atoms with van der Waals surface area (Å²) in [7, 11) is 0. The van der Waals surface area contributed by atoms with Crippen molar-refractivity contribution in [1.29, 1.82) is 0 Å². The van der Waals surface area contributed by atoms with Crippen molar-refractivity contribution >= 4 is 28.8 Å². The Balaban J connectivity index is 2.02. The van der Waals surface area contributed by atoms with E-state index in [0.29, 0.717) is 17.4 Å². The van der Waals surface area contributed by atoms with E-state index >= 15 is 0 Å². The van der Waals surface area contributed by atoms with Gasteiger partial charge >= 0.3 is 5.97 Å². The summed E-state index contributed by atoms with van der Waals surface area (Å²) in [6.45, 7) is 2.13. The van der Waals surface area contributed by atoms with Crippen LogP contribution in [0, 0.1) is 0 Å². The molecule has 0 bridgehead atoms. The number of fused-ring (bicyclic) bond motifs is 1. The molecule has 0 saturated carbocycles. The molecule has 2 aromatic rings. The normalized spacial score (nSPS) is 12.7. The van der Waals surface area contributed by atoms with Crippen molar-refractivity contribution in [1.82, 2.24) is 4.98 Å². The van der Waals surface area contributed by atoms with Crippen molar-refractivity contribution in [3.8, 4) is 0 Å². The van der Waals surface area contributed by atoms with Crippen molar-refractivity contribution in [2.24, 2.45) is 0 Å². The third kappa shape index (κ3) is 3.02. The fourth-order valence-corrected chi connectivity index (χ4v) is 2.30. The lowest BCUT2D eigenvalue weighted by Gasteiger charge is -2.09. The maximum atomic E-state index is 10.9. The molecule has 1 N–H and O–H groups in total. The van der Waals surface area contributed by atoms with Crippen LogP contribution in [0.4, 0.5) is 0 Å². The molecule has 1 unspecified atom stereocenters. The van der Waals surface area contributed by atoms with E-state index in [4.69, 9.17) is 14.3 Å². The van der Waals surface area contributed by atoms with Gasteiger partial charge in [0.25, 0.3) is 5.22 Å². The SMILES string of the molecule is CCOC(CSc1nc2ccccc2o1)C(=O)O. The lowest BCUT2D eigenvalue weighted by Crippen LogP contribution is -2.26. The van der Waals surface area contributed by atoms with Crippen molar-refractivity contribution in [2.45, 2.75) is 18.3 Å². The van der Waals surface area contributed by atoms with Crippen LogP contribution in [0.15, 0.2) is 33.9 Å². The van der Waals surface area contributed by atoms with Crippen molar-refractivity contribution < 1.29 is 19.1 Å². The third-order valence-corrected chi connectivity index (χ3v) is 3.17. The number of nitrogens with zero attached hydrogens (tertiary/aromatic N) is 1. The molecule has 0 saturated heterocycles. The van der Waals surface area contributed by atoms with E-state index in [0.717, 1.165) is 5.52 Å². The Kier molecular flexibility index (Phi) is 4.22. The number of carboxylic acid groups (broad SMARTS) is 1. The number of benzene rings is 1. The van der Waals surface area contributed by atoms with Crippen LogP contribution < -0.4 is 0 Å². The monoisotopic (exact) mass is 267 g/mol. The number of hydrogen-bond acceptors (Lipinski definition) is 5. The summed E-state index contributed by atoms with van der Waals surface area (Å²) >= 11 is 1.24. The molecule has 0 aliphatic rings. The molecule has 1 heterocycles. The molecule has 0 radical (unpaired) electrons. The van der Waals surface area contributed by atoms with Gasteiger partial charge in [0.15, 0.2) is 11.7 Å². The Morgan fingerprint density at radius 1 is 1.56 bits per heavy atom. The van der Waals surface area contributed by atoms with Crippen LogP contribution in [-0.4, -0.2) is 34.5 Å². The van der Waals surface area contributed by atoms with Crippen molar-refractivity contribution in [2.75, 3.05) is 12.4 Å². The van der Waals surface area contributed by atoms with Crippen LogP contribution in [0.5, 0.6) is 0 Å². The number of para-hydroxylation sites is 2. The molecule has 18 heavy (non-hydrogen) atoms. The standard InChI is InChI=1S/C12H13NO4S/c1-2-16-10(11(14)15)7-18-12-13-8-5-3-4-6-9(8)17-12/h3-6,10H,2,7H2,1H3,(H,14,15). The quantitative estimate of drug-likeness (QED) is 0.810. The molecule has 0 aliphatic carbocycles. The van der Waals surface area contributed by atoms with Crippen LogP contribution >= 0.6 is 11.8 Å². The van der Waals surface area contributed by atoms with Crippen LogP contribution in [0.25, 0.3) is 11.1 Å². The Hall–Kier alpha value is -1.53. The van der Waals surface area contributed by atoms with Gasteiger partial charge in [0.1, 0.15) is 5.52 Å². The summed E-state index contributed by atoms with van der Waals surface area (Å²) in [5.41, 5.74) is 1.46.